The number of carbonyl (C=O) groups is 1. The third kappa shape index (κ3) is 7.13. The second kappa shape index (κ2) is 12.6. The maximum Gasteiger partial charge on any atom is 0.238 e. The van der Waals surface area contributed by atoms with Gasteiger partial charge in [-0.25, -0.2) is 9.50 Å². The highest BCUT2D eigenvalue weighted by Crippen LogP contribution is 2.29. The van der Waals surface area contributed by atoms with Crippen molar-refractivity contribution in [1.29, 1.82) is 0 Å². The predicted molar refractivity (Wildman–Crippen MR) is 147 cm³/mol. The third-order valence-corrected chi connectivity index (χ3v) is 6.98. The van der Waals surface area contributed by atoms with E-state index in [0.29, 0.717) is 55.4 Å². The van der Waals surface area contributed by atoms with Gasteiger partial charge < -0.3 is 25.2 Å². The normalized spacial score (nSPS) is 17.6. The van der Waals surface area contributed by atoms with Crippen LogP contribution in [-0.2, 0) is 14.3 Å². The molecule has 2 atom stereocenters. The lowest BCUT2D eigenvalue weighted by Gasteiger charge is -2.16. The summed E-state index contributed by atoms with van der Waals surface area (Å²) in [4.78, 5) is 20.1. The first-order chi connectivity index (χ1) is 19.0. The highest BCUT2D eigenvalue weighted by molar-refractivity contribution is 7.99. The van der Waals surface area contributed by atoms with Crippen molar-refractivity contribution in [2.24, 2.45) is 0 Å². The number of hydrogen-bond donors (Lipinski definition) is 4. The number of aromatic nitrogens is 5. The van der Waals surface area contributed by atoms with Crippen LogP contribution in [0.3, 0.4) is 0 Å². The first-order valence-electron chi connectivity index (χ1n) is 12.8. The Balaban J connectivity index is 1.15. The molecule has 12 nitrogen and oxygen atoms in total. The SMILES string of the molecule is CCOCCO[C@H]1CN(CC(=O)Nc2ccc(Sc3nc(Nc4cc(C)[nH]n4)c4cccn4n3)cc2)C[C@@H]1O. The molecule has 0 spiro atoms. The van der Waals surface area contributed by atoms with Crippen LogP contribution in [0.25, 0.3) is 5.52 Å². The van der Waals surface area contributed by atoms with Gasteiger partial charge in [-0.15, -0.1) is 5.10 Å². The number of likely N-dealkylation sites (tertiary alicyclic amines) is 1. The number of aryl methyl sites for hydroxylation is 1. The zero-order valence-electron chi connectivity index (χ0n) is 21.8. The highest BCUT2D eigenvalue weighted by Gasteiger charge is 2.32. The second-order valence-corrected chi connectivity index (χ2v) is 10.2. The molecule has 1 aliphatic rings. The molecule has 4 aromatic rings. The maximum absolute atomic E-state index is 12.6. The van der Waals surface area contributed by atoms with Crippen molar-refractivity contribution in [2.45, 2.75) is 36.1 Å². The van der Waals surface area contributed by atoms with Gasteiger partial charge in [-0.1, -0.05) is 0 Å². The van der Waals surface area contributed by atoms with E-state index in [9.17, 15) is 9.90 Å². The summed E-state index contributed by atoms with van der Waals surface area (Å²) in [6.07, 6.45) is 0.930. The van der Waals surface area contributed by atoms with E-state index in [4.69, 9.17) is 14.5 Å². The van der Waals surface area contributed by atoms with Crippen LogP contribution in [0.15, 0.2) is 58.7 Å². The quantitative estimate of drug-likeness (QED) is 0.194. The Labute approximate surface area is 230 Å². The average Bonchev–Trinajstić information content (AvgIpc) is 3.63. The van der Waals surface area contributed by atoms with Gasteiger partial charge in [0, 0.05) is 48.2 Å². The fourth-order valence-corrected chi connectivity index (χ4v) is 5.05. The van der Waals surface area contributed by atoms with Gasteiger partial charge in [-0.05, 0) is 62.0 Å². The Morgan fingerprint density at radius 1 is 1.23 bits per heavy atom. The van der Waals surface area contributed by atoms with Crippen molar-refractivity contribution in [3.8, 4) is 0 Å². The molecule has 39 heavy (non-hydrogen) atoms. The summed E-state index contributed by atoms with van der Waals surface area (Å²) in [6, 6.07) is 13.3. The van der Waals surface area contributed by atoms with Crippen LogP contribution in [0.5, 0.6) is 0 Å². The minimum absolute atomic E-state index is 0.150. The molecular formula is C26H32N8O4S. The van der Waals surface area contributed by atoms with Crippen molar-refractivity contribution in [2.75, 3.05) is 50.1 Å². The summed E-state index contributed by atoms with van der Waals surface area (Å²) in [5, 5.41) is 28.7. The summed E-state index contributed by atoms with van der Waals surface area (Å²) in [5.41, 5.74) is 2.47. The van der Waals surface area contributed by atoms with E-state index in [-0.39, 0.29) is 18.6 Å². The Bertz CT molecular complexity index is 1390. The molecule has 1 aliphatic heterocycles. The number of H-pyrrole nitrogens is 1. The van der Waals surface area contributed by atoms with Gasteiger partial charge in [0.1, 0.15) is 5.52 Å². The number of aliphatic hydroxyl groups excluding tert-OH is 1. The standard InChI is InChI=1S/C26H32N8O4S/c1-3-37-11-12-38-22-15-33(14-21(22)35)16-24(36)27-18-6-8-19(9-7-18)39-26-29-25(20-5-4-10-34(20)32-26)28-23-13-17(2)30-31-23/h4-10,13,21-22,35H,3,11-12,14-16H2,1-2H3,(H,27,36)(H2,28,29,30,31,32)/t21-,22-/m0/s1. The molecule has 0 radical (unpaired) electrons. The van der Waals surface area contributed by atoms with E-state index >= 15 is 0 Å². The number of nitrogens with zero attached hydrogens (tertiary/aromatic N) is 5. The van der Waals surface area contributed by atoms with Crippen molar-refractivity contribution in [1.82, 2.24) is 29.7 Å². The number of carbonyl (C=O) groups excluding carboxylic acids is 1. The molecule has 13 heteroatoms. The molecule has 1 saturated heterocycles. The van der Waals surface area contributed by atoms with Crippen LogP contribution in [0, 0.1) is 6.92 Å². The van der Waals surface area contributed by atoms with Crippen molar-refractivity contribution >= 4 is 40.5 Å². The van der Waals surface area contributed by atoms with Crippen LogP contribution < -0.4 is 10.6 Å². The number of ether oxygens (including phenoxy) is 2. The minimum atomic E-state index is -0.622. The maximum atomic E-state index is 12.6. The van der Waals surface area contributed by atoms with Crippen LogP contribution in [-0.4, -0.2) is 92.4 Å². The van der Waals surface area contributed by atoms with Crippen LogP contribution in [0.2, 0.25) is 0 Å². The Kier molecular flexibility index (Phi) is 8.74. The smallest absolute Gasteiger partial charge is 0.238 e. The largest absolute Gasteiger partial charge is 0.389 e. The van der Waals surface area contributed by atoms with E-state index in [0.717, 1.165) is 16.1 Å². The fourth-order valence-electron chi connectivity index (χ4n) is 4.30. The molecule has 3 aromatic heterocycles. The van der Waals surface area contributed by atoms with Gasteiger partial charge in [-0.2, -0.15) is 5.10 Å². The van der Waals surface area contributed by atoms with Gasteiger partial charge in [0.25, 0.3) is 0 Å². The Morgan fingerprint density at radius 3 is 2.85 bits per heavy atom. The Hall–Kier alpha value is -3.49. The lowest BCUT2D eigenvalue weighted by Crippen LogP contribution is -2.32. The monoisotopic (exact) mass is 552 g/mol. The van der Waals surface area contributed by atoms with E-state index in [1.165, 1.54) is 11.8 Å². The van der Waals surface area contributed by atoms with Crippen molar-refractivity contribution in [3.05, 3.63) is 54.4 Å². The van der Waals surface area contributed by atoms with Gasteiger partial charge in [0.15, 0.2) is 11.6 Å². The second-order valence-electron chi connectivity index (χ2n) is 9.18. The van der Waals surface area contributed by atoms with Crippen molar-refractivity contribution < 1.29 is 19.4 Å². The van der Waals surface area contributed by atoms with Crippen LogP contribution >= 0.6 is 11.8 Å². The predicted octanol–water partition coefficient (Wildman–Crippen LogP) is 2.69. The zero-order chi connectivity index (χ0) is 27.2. The molecule has 0 saturated carbocycles. The molecule has 4 heterocycles. The lowest BCUT2D eigenvalue weighted by molar-refractivity contribution is -0.117. The van der Waals surface area contributed by atoms with E-state index in [2.05, 4.69) is 25.9 Å². The number of aliphatic hydroxyl groups is 1. The summed E-state index contributed by atoms with van der Waals surface area (Å²) < 4.78 is 12.7. The third-order valence-electron chi connectivity index (χ3n) is 6.11. The number of aromatic amines is 1. The Morgan fingerprint density at radius 2 is 2.08 bits per heavy atom. The van der Waals surface area contributed by atoms with E-state index in [1.54, 1.807) is 4.52 Å². The first-order valence-corrected chi connectivity index (χ1v) is 13.6. The number of nitrogens with one attached hydrogen (secondary N) is 3. The number of rotatable bonds is 12. The number of hydrogen-bond acceptors (Lipinski definition) is 10. The molecule has 1 fully saturated rings. The van der Waals surface area contributed by atoms with Crippen LogP contribution in [0.1, 0.15) is 12.6 Å². The molecule has 0 unspecified atom stereocenters. The van der Waals surface area contributed by atoms with E-state index in [1.807, 2.05) is 67.4 Å². The van der Waals surface area contributed by atoms with Crippen LogP contribution in [0.4, 0.5) is 17.3 Å². The summed E-state index contributed by atoms with van der Waals surface area (Å²) in [7, 11) is 0. The summed E-state index contributed by atoms with van der Waals surface area (Å²) in [6.45, 7) is 6.47. The summed E-state index contributed by atoms with van der Waals surface area (Å²) >= 11 is 1.42. The number of β-amino-alcohol motifs (C(OH)–C–C–N with tert-alkyl or cyclic N) is 1. The van der Waals surface area contributed by atoms with Crippen molar-refractivity contribution in [3.63, 3.8) is 0 Å². The minimum Gasteiger partial charge on any atom is -0.389 e. The first kappa shape index (κ1) is 27.1. The highest BCUT2D eigenvalue weighted by atomic mass is 32.2. The fraction of sp³-hybridized carbons (Fsp3) is 0.385. The van der Waals surface area contributed by atoms with Gasteiger partial charge in [0.2, 0.25) is 11.1 Å². The molecule has 1 amide bonds. The average molecular weight is 553 g/mol. The van der Waals surface area contributed by atoms with Gasteiger partial charge in [-0.3, -0.25) is 14.8 Å². The number of fused-ring (bicyclic) bond motifs is 1. The van der Waals surface area contributed by atoms with Gasteiger partial charge >= 0.3 is 0 Å². The molecule has 206 valence electrons. The molecule has 0 aliphatic carbocycles. The zero-order valence-corrected chi connectivity index (χ0v) is 22.6. The molecule has 5 rings (SSSR count). The summed E-state index contributed by atoms with van der Waals surface area (Å²) in [5.74, 6) is 1.18. The molecular weight excluding hydrogens is 520 g/mol. The van der Waals surface area contributed by atoms with E-state index < -0.39 is 6.10 Å². The molecule has 4 N–H and O–H groups in total. The van der Waals surface area contributed by atoms with Gasteiger partial charge in [0.05, 0.1) is 32.0 Å². The number of benzene rings is 1. The lowest BCUT2D eigenvalue weighted by atomic mass is 10.3. The number of amides is 1. The topological polar surface area (TPSA) is 142 Å². The molecule has 0 bridgehead atoms. The molecule has 1 aromatic carbocycles. The number of anilines is 3.